The van der Waals surface area contributed by atoms with Gasteiger partial charge in [0.1, 0.15) is 0 Å². The number of hydrogen-bond acceptors (Lipinski definition) is 5. The van der Waals surface area contributed by atoms with Crippen LogP contribution in [0.2, 0.25) is 0 Å². The number of nitrogens with one attached hydrogen (secondary N) is 3. The van der Waals surface area contributed by atoms with Crippen LogP contribution in [0.15, 0.2) is 0 Å². The minimum atomic E-state index is -1.81. The molecular formula is C15H27FN4O3. The van der Waals surface area contributed by atoms with Gasteiger partial charge in [0, 0.05) is 44.3 Å². The van der Waals surface area contributed by atoms with Crippen LogP contribution in [0, 0.1) is 0 Å². The predicted molar refractivity (Wildman–Crippen MR) is 83.6 cm³/mol. The largest absolute Gasteiger partial charge is 0.377 e. The molecule has 0 aromatic rings. The van der Waals surface area contributed by atoms with Gasteiger partial charge in [0.2, 0.25) is 5.67 Å². The zero-order chi connectivity index (χ0) is 17.5. The molecule has 23 heavy (non-hydrogen) atoms. The molecule has 2 fully saturated rings. The molecule has 2 aliphatic heterocycles. The number of alkyl halides is 1. The van der Waals surface area contributed by atoms with Gasteiger partial charge < -0.3 is 21.1 Å². The van der Waals surface area contributed by atoms with Gasteiger partial charge in [-0.1, -0.05) is 0 Å². The van der Waals surface area contributed by atoms with Gasteiger partial charge in [-0.2, -0.15) is 0 Å². The van der Waals surface area contributed by atoms with E-state index >= 15 is 0 Å². The molecule has 132 valence electrons. The Morgan fingerprint density at radius 3 is 2.30 bits per heavy atom. The van der Waals surface area contributed by atoms with Crippen LogP contribution in [0.3, 0.4) is 0 Å². The average Bonchev–Trinajstić information content (AvgIpc) is 2.31. The number of carbonyl (C=O) groups excluding carboxylic acids is 2. The van der Waals surface area contributed by atoms with E-state index in [0.717, 1.165) is 0 Å². The summed E-state index contributed by atoms with van der Waals surface area (Å²) >= 11 is 0. The molecular weight excluding hydrogens is 303 g/mol. The van der Waals surface area contributed by atoms with Crippen molar-refractivity contribution < 1.29 is 19.1 Å². The molecule has 8 heteroatoms. The Morgan fingerprint density at radius 1 is 1.30 bits per heavy atom. The van der Waals surface area contributed by atoms with Crippen molar-refractivity contribution in [3.63, 3.8) is 0 Å². The van der Waals surface area contributed by atoms with Crippen LogP contribution in [-0.4, -0.2) is 77.4 Å². The smallest absolute Gasteiger partial charge is 0.260 e. The van der Waals surface area contributed by atoms with Gasteiger partial charge in [-0.15, -0.1) is 0 Å². The Morgan fingerprint density at radius 2 is 1.87 bits per heavy atom. The zero-order valence-electron chi connectivity index (χ0n) is 14.2. The number of β-amino-alcohol motifs (C(OH)–C–C–N with tert-alkyl or cyclic N) is 1. The molecule has 2 rings (SSSR count). The average molecular weight is 330 g/mol. The first-order valence-corrected chi connectivity index (χ1v) is 7.92. The van der Waals surface area contributed by atoms with Crippen LogP contribution >= 0.6 is 0 Å². The molecule has 0 spiro atoms. The van der Waals surface area contributed by atoms with E-state index in [1.54, 1.807) is 6.92 Å². The highest BCUT2D eigenvalue weighted by molar-refractivity contribution is 5.87. The van der Waals surface area contributed by atoms with Crippen molar-refractivity contribution in [2.45, 2.75) is 50.5 Å². The molecule has 0 bridgehead atoms. The fraction of sp³-hybridized carbons (Fsp3) is 0.867. The summed E-state index contributed by atoms with van der Waals surface area (Å²) in [5.41, 5.74) is -3.60. The predicted octanol–water partition coefficient (Wildman–Crippen LogP) is -1.24. The Bertz CT molecular complexity index is 482. The topological polar surface area (TPSA) is 93.7 Å². The molecule has 1 unspecified atom stereocenters. The molecule has 0 aromatic carbocycles. The lowest BCUT2D eigenvalue weighted by atomic mass is 9.91. The van der Waals surface area contributed by atoms with Crippen LogP contribution in [-0.2, 0) is 9.59 Å². The lowest BCUT2D eigenvalue weighted by Gasteiger charge is -2.47. The molecule has 2 heterocycles. The molecule has 1 atom stereocenters. The van der Waals surface area contributed by atoms with Gasteiger partial charge in [-0.3, -0.25) is 14.5 Å². The number of nitrogens with zero attached hydrogens (tertiary/aromatic N) is 1. The first-order chi connectivity index (χ1) is 10.4. The van der Waals surface area contributed by atoms with Gasteiger partial charge in [-0.25, -0.2) is 4.39 Å². The summed E-state index contributed by atoms with van der Waals surface area (Å²) in [7, 11) is 0. The third kappa shape index (κ3) is 4.19. The second kappa shape index (κ2) is 5.99. The number of hydrogen-bond donors (Lipinski definition) is 4. The van der Waals surface area contributed by atoms with E-state index < -0.39 is 22.7 Å². The fourth-order valence-electron chi connectivity index (χ4n) is 2.71. The molecule has 0 saturated carbocycles. The molecule has 2 aliphatic rings. The third-order valence-electron chi connectivity index (χ3n) is 4.01. The summed E-state index contributed by atoms with van der Waals surface area (Å²) < 4.78 is 13.9. The summed E-state index contributed by atoms with van der Waals surface area (Å²) in [6.45, 7) is 8.29. The van der Waals surface area contributed by atoms with Gasteiger partial charge in [0.15, 0.2) is 5.60 Å². The van der Waals surface area contributed by atoms with Crippen molar-refractivity contribution in [1.82, 2.24) is 20.9 Å². The van der Waals surface area contributed by atoms with E-state index in [2.05, 4.69) is 16.0 Å². The molecule has 0 aromatic heterocycles. The minimum Gasteiger partial charge on any atom is -0.377 e. The van der Waals surface area contributed by atoms with Crippen molar-refractivity contribution in [1.29, 1.82) is 0 Å². The first kappa shape index (κ1) is 18.1. The van der Waals surface area contributed by atoms with Crippen LogP contribution in [0.5, 0.6) is 0 Å². The van der Waals surface area contributed by atoms with Crippen LogP contribution in [0.1, 0.15) is 27.7 Å². The van der Waals surface area contributed by atoms with E-state index in [1.807, 2.05) is 25.7 Å². The highest BCUT2D eigenvalue weighted by Gasteiger charge is 2.49. The SMILES string of the molecule is CC(CN1CC(O)(C(=O)NC(C)(C)C)C1)NC(=O)C1(F)CNC1. The monoisotopic (exact) mass is 330 g/mol. The lowest BCUT2D eigenvalue weighted by molar-refractivity contribution is -0.161. The van der Waals surface area contributed by atoms with Crippen molar-refractivity contribution in [3.8, 4) is 0 Å². The van der Waals surface area contributed by atoms with Crippen LogP contribution in [0.4, 0.5) is 4.39 Å². The molecule has 7 nitrogen and oxygen atoms in total. The van der Waals surface area contributed by atoms with Crippen LogP contribution in [0.25, 0.3) is 0 Å². The number of aliphatic hydroxyl groups is 1. The van der Waals surface area contributed by atoms with Crippen molar-refractivity contribution in [3.05, 3.63) is 0 Å². The van der Waals surface area contributed by atoms with Gasteiger partial charge in [0.05, 0.1) is 0 Å². The Hall–Kier alpha value is -1.25. The molecule has 0 aliphatic carbocycles. The second-order valence-corrected chi connectivity index (χ2v) is 7.85. The van der Waals surface area contributed by atoms with Gasteiger partial charge in [-0.05, 0) is 27.7 Å². The third-order valence-corrected chi connectivity index (χ3v) is 4.01. The summed E-state index contributed by atoms with van der Waals surface area (Å²) in [5.74, 6) is -0.994. The Labute approximate surface area is 136 Å². The maximum Gasteiger partial charge on any atom is 0.260 e. The highest BCUT2D eigenvalue weighted by Crippen LogP contribution is 2.22. The summed E-state index contributed by atoms with van der Waals surface area (Å²) in [6.07, 6.45) is 0. The van der Waals surface area contributed by atoms with E-state index in [9.17, 15) is 19.1 Å². The lowest BCUT2D eigenvalue weighted by Crippen LogP contribution is -2.71. The zero-order valence-corrected chi connectivity index (χ0v) is 14.2. The van der Waals surface area contributed by atoms with Crippen molar-refractivity contribution in [2.24, 2.45) is 0 Å². The second-order valence-electron chi connectivity index (χ2n) is 7.85. The van der Waals surface area contributed by atoms with Crippen molar-refractivity contribution in [2.75, 3.05) is 32.7 Å². The summed E-state index contributed by atoms with van der Waals surface area (Å²) in [4.78, 5) is 25.7. The summed E-state index contributed by atoms with van der Waals surface area (Å²) in [5, 5.41) is 18.4. The number of rotatable bonds is 5. The first-order valence-electron chi connectivity index (χ1n) is 7.92. The normalized spacial score (nSPS) is 24.1. The number of carbonyl (C=O) groups is 2. The highest BCUT2D eigenvalue weighted by atomic mass is 19.1. The van der Waals surface area contributed by atoms with Crippen molar-refractivity contribution >= 4 is 11.8 Å². The van der Waals surface area contributed by atoms with Gasteiger partial charge in [0.25, 0.3) is 11.8 Å². The Balaban J connectivity index is 1.74. The number of likely N-dealkylation sites (tertiary alicyclic amines) is 1. The van der Waals surface area contributed by atoms with E-state index in [0.29, 0.717) is 6.54 Å². The maximum atomic E-state index is 13.9. The fourth-order valence-corrected chi connectivity index (χ4v) is 2.71. The molecule has 0 radical (unpaired) electrons. The maximum absolute atomic E-state index is 13.9. The number of amides is 2. The van der Waals surface area contributed by atoms with Crippen LogP contribution < -0.4 is 16.0 Å². The van der Waals surface area contributed by atoms with E-state index in [-0.39, 0.29) is 38.1 Å². The number of halogens is 1. The Kier molecular flexibility index (Phi) is 4.71. The molecule has 2 amide bonds. The van der Waals surface area contributed by atoms with E-state index in [4.69, 9.17) is 0 Å². The molecule has 4 N–H and O–H groups in total. The minimum absolute atomic E-state index is 0.0436. The van der Waals surface area contributed by atoms with E-state index in [1.165, 1.54) is 0 Å². The quantitative estimate of drug-likeness (QED) is 0.506. The van der Waals surface area contributed by atoms with Gasteiger partial charge >= 0.3 is 0 Å². The standard InChI is InChI=1S/C15H27FN4O3/c1-10(18-11(21)14(16)6-17-7-14)5-20-8-15(23,9-20)12(22)19-13(2,3)4/h10,17,23H,5-9H2,1-4H3,(H,18,21)(H,19,22). The summed E-state index contributed by atoms with van der Waals surface area (Å²) in [6, 6.07) is -0.258. The molecule has 2 saturated heterocycles.